The average Bonchev–Trinajstić information content (AvgIpc) is 1.81. The van der Waals surface area contributed by atoms with Crippen LogP contribution >= 0.6 is 0 Å². The minimum absolute atomic E-state index is 1.05. The Morgan fingerprint density at radius 3 is 1.85 bits per heavy atom. The smallest absolute Gasteiger partial charge is 0.321 e. The Morgan fingerprint density at radius 2 is 1.54 bits per heavy atom. The van der Waals surface area contributed by atoms with E-state index in [2.05, 4.69) is 45.2 Å². The van der Waals surface area contributed by atoms with Gasteiger partial charge in [-0.05, 0) is 40.3 Å². The third-order valence-electron chi connectivity index (χ3n) is 1.71. The van der Waals surface area contributed by atoms with Gasteiger partial charge in [0, 0.05) is 13.3 Å². The molecule has 0 aliphatic heterocycles. The van der Waals surface area contributed by atoms with Gasteiger partial charge in [-0.3, -0.25) is 0 Å². The molecule has 0 fully saturated rings. The van der Waals surface area contributed by atoms with Gasteiger partial charge in [-0.25, -0.2) is 0 Å². The van der Waals surface area contributed by atoms with Crippen molar-refractivity contribution < 1.29 is 8.54 Å². The number of hydrogen-bond donors (Lipinski definition) is 0. The molecule has 0 aromatic rings. The monoisotopic (exact) mass is 221 g/mol. The molecule has 0 aliphatic carbocycles. The van der Waals surface area contributed by atoms with Crippen molar-refractivity contribution in [2.24, 2.45) is 0 Å². The Hall–Kier alpha value is 0.314. The highest BCUT2D eigenvalue weighted by molar-refractivity contribution is 6.82. The first-order valence-electron chi connectivity index (χ1n) is 4.58. The molecule has 0 spiro atoms. The predicted octanol–water partition coefficient (Wildman–Crippen LogP) is 1.66. The molecule has 0 aromatic heterocycles. The quantitative estimate of drug-likeness (QED) is 0.659. The number of hydrogen-bond acceptors (Lipinski definition) is 3. The van der Waals surface area contributed by atoms with E-state index in [1.54, 1.807) is 7.11 Å². The maximum atomic E-state index is 6.10. The molecule has 5 heteroatoms. The molecule has 0 aliphatic rings. The van der Waals surface area contributed by atoms with E-state index in [1.165, 1.54) is 0 Å². The van der Waals surface area contributed by atoms with Gasteiger partial charge in [0.25, 0.3) is 0 Å². The van der Waals surface area contributed by atoms with E-state index in [0.717, 1.165) is 6.17 Å². The summed E-state index contributed by atoms with van der Waals surface area (Å²) in [7, 11) is 2.50. The molecule has 0 atom stereocenters. The molecule has 13 heavy (non-hydrogen) atoms. The van der Waals surface area contributed by atoms with Gasteiger partial charge in [-0.1, -0.05) is 0 Å². The molecule has 80 valence electrons. The second kappa shape index (κ2) is 4.70. The van der Waals surface area contributed by atoms with Crippen LogP contribution in [0.2, 0.25) is 26.2 Å². The fraction of sp³-hybridized carbons (Fsp3) is 1.00. The topological polar surface area (TPSA) is 21.7 Å². The van der Waals surface area contributed by atoms with Crippen molar-refractivity contribution in [1.29, 1.82) is 0 Å². The van der Waals surface area contributed by atoms with Crippen LogP contribution in [0.3, 0.4) is 0 Å². The molecule has 0 unspecified atom stereocenters. The molecule has 0 saturated heterocycles. The first-order valence-corrected chi connectivity index (χ1v) is 10.5. The summed E-state index contributed by atoms with van der Waals surface area (Å²) in [6.07, 6.45) is 1.05. The van der Waals surface area contributed by atoms with Crippen molar-refractivity contribution in [1.82, 2.24) is 4.90 Å². The van der Waals surface area contributed by atoms with E-state index in [-0.39, 0.29) is 0 Å². The highest BCUT2D eigenvalue weighted by Crippen LogP contribution is 2.15. The Balaban J connectivity index is 4.16. The van der Waals surface area contributed by atoms with Crippen LogP contribution in [0.1, 0.15) is 0 Å². The molecule has 0 bridgehead atoms. The van der Waals surface area contributed by atoms with E-state index < -0.39 is 16.9 Å². The maximum absolute atomic E-state index is 6.10. The Morgan fingerprint density at radius 1 is 1.08 bits per heavy atom. The fourth-order valence-electron chi connectivity index (χ4n) is 1.50. The normalized spacial score (nSPS) is 13.8. The zero-order chi connectivity index (χ0) is 10.7. The summed E-state index contributed by atoms with van der Waals surface area (Å²) in [5, 5.41) is 0. The van der Waals surface area contributed by atoms with Gasteiger partial charge in [0.05, 0.1) is 0 Å². The summed E-state index contributed by atoms with van der Waals surface area (Å²) in [6.45, 7) is 8.66. The summed E-state index contributed by atoms with van der Waals surface area (Å²) in [6, 6.07) is 0. The molecule has 3 nitrogen and oxygen atoms in total. The average molecular weight is 221 g/mol. The van der Waals surface area contributed by atoms with E-state index in [4.69, 9.17) is 8.54 Å². The maximum Gasteiger partial charge on any atom is 0.321 e. The molecule has 0 aromatic carbocycles. The second-order valence-electron chi connectivity index (χ2n) is 4.70. The van der Waals surface area contributed by atoms with Crippen LogP contribution < -0.4 is 0 Å². The van der Waals surface area contributed by atoms with Crippen LogP contribution in [0.25, 0.3) is 0 Å². The molecule has 0 N–H and O–H groups in total. The zero-order valence-electron chi connectivity index (χ0n) is 9.97. The summed E-state index contributed by atoms with van der Waals surface area (Å²) >= 11 is 0. The van der Waals surface area contributed by atoms with Crippen LogP contribution in [0.5, 0.6) is 0 Å². The zero-order valence-corrected chi connectivity index (χ0v) is 12.0. The van der Waals surface area contributed by atoms with Crippen molar-refractivity contribution in [2.75, 3.05) is 27.4 Å². The fourth-order valence-corrected chi connectivity index (χ4v) is 8.94. The van der Waals surface area contributed by atoms with Crippen LogP contribution in [-0.2, 0) is 8.54 Å². The third-order valence-corrected chi connectivity index (χ3v) is 8.26. The SMILES string of the molecule is CO[Si](C)(C)O[Si](C)(C)CN(C)C. The minimum Gasteiger partial charge on any atom is -0.435 e. The van der Waals surface area contributed by atoms with Gasteiger partial charge in [-0.2, -0.15) is 0 Å². The molecule has 0 saturated carbocycles. The lowest BCUT2D eigenvalue weighted by molar-refractivity contribution is 0.303. The summed E-state index contributed by atoms with van der Waals surface area (Å²) < 4.78 is 11.5. The van der Waals surface area contributed by atoms with Crippen molar-refractivity contribution in [3.05, 3.63) is 0 Å². The summed E-state index contributed by atoms with van der Waals surface area (Å²) in [5.41, 5.74) is 0. The molecular formula is C8H23NO2Si2. The van der Waals surface area contributed by atoms with E-state index >= 15 is 0 Å². The van der Waals surface area contributed by atoms with E-state index in [9.17, 15) is 0 Å². The van der Waals surface area contributed by atoms with Crippen LogP contribution in [0.4, 0.5) is 0 Å². The first kappa shape index (κ1) is 13.3. The summed E-state index contributed by atoms with van der Waals surface area (Å²) in [5.74, 6) is 0. The predicted molar refractivity (Wildman–Crippen MR) is 61.6 cm³/mol. The molecule has 0 rings (SSSR count). The van der Waals surface area contributed by atoms with E-state index in [1.807, 2.05) is 0 Å². The third kappa shape index (κ3) is 6.39. The van der Waals surface area contributed by atoms with Gasteiger partial charge < -0.3 is 13.4 Å². The van der Waals surface area contributed by atoms with Crippen molar-refractivity contribution in [3.8, 4) is 0 Å². The molecular weight excluding hydrogens is 198 g/mol. The first-order chi connectivity index (χ1) is 5.68. The molecule has 0 amide bonds. The minimum atomic E-state index is -1.84. The Bertz CT molecular complexity index is 160. The standard InChI is InChI=1S/C8H23NO2Si2/c1-9(2)8-12(4,5)11-13(6,7)10-3/h8H2,1-7H3. The highest BCUT2D eigenvalue weighted by Gasteiger charge is 2.34. The van der Waals surface area contributed by atoms with Gasteiger partial charge in [-0.15, -0.1) is 0 Å². The van der Waals surface area contributed by atoms with Crippen molar-refractivity contribution >= 4 is 16.9 Å². The Kier molecular flexibility index (Phi) is 4.81. The lowest BCUT2D eigenvalue weighted by Crippen LogP contribution is -2.51. The van der Waals surface area contributed by atoms with Gasteiger partial charge in [0.1, 0.15) is 0 Å². The van der Waals surface area contributed by atoms with Gasteiger partial charge in [0.2, 0.25) is 0 Å². The summed E-state index contributed by atoms with van der Waals surface area (Å²) in [4.78, 5) is 2.19. The van der Waals surface area contributed by atoms with Gasteiger partial charge in [0.15, 0.2) is 8.32 Å². The molecule has 0 radical (unpaired) electrons. The van der Waals surface area contributed by atoms with Crippen molar-refractivity contribution in [2.45, 2.75) is 26.2 Å². The van der Waals surface area contributed by atoms with E-state index in [0.29, 0.717) is 0 Å². The lowest BCUT2D eigenvalue weighted by atomic mass is 11.0. The van der Waals surface area contributed by atoms with Crippen LogP contribution in [0.15, 0.2) is 0 Å². The Labute approximate surface area is 84.4 Å². The second-order valence-corrected chi connectivity index (χ2v) is 12.6. The van der Waals surface area contributed by atoms with Crippen molar-refractivity contribution in [3.63, 3.8) is 0 Å². The highest BCUT2D eigenvalue weighted by atomic mass is 28.4. The number of nitrogens with zero attached hydrogens (tertiary/aromatic N) is 1. The molecule has 0 heterocycles. The van der Waals surface area contributed by atoms with Gasteiger partial charge >= 0.3 is 8.56 Å². The largest absolute Gasteiger partial charge is 0.435 e. The number of rotatable bonds is 5. The van der Waals surface area contributed by atoms with Crippen LogP contribution in [-0.4, -0.2) is 49.2 Å². The van der Waals surface area contributed by atoms with Crippen LogP contribution in [0, 0.1) is 0 Å². The lowest BCUT2D eigenvalue weighted by Gasteiger charge is -2.33.